The highest BCUT2D eigenvalue weighted by molar-refractivity contribution is 4.80. The lowest BCUT2D eigenvalue weighted by Crippen LogP contribution is -2.46. The fourth-order valence-corrected chi connectivity index (χ4v) is 1.95. The van der Waals surface area contributed by atoms with E-state index in [2.05, 4.69) is 31.1 Å². The Bertz CT molecular complexity index is 168. The average Bonchev–Trinajstić information content (AvgIpc) is 2.51. The number of hydrogen-bond acceptors (Lipinski definition) is 3. The summed E-state index contributed by atoms with van der Waals surface area (Å²) in [4.78, 5) is 2.42. The summed E-state index contributed by atoms with van der Waals surface area (Å²) in [5, 5.41) is 3.51. The quantitative estimate of drug-likeness (QED) is 0.683. The number of hydrogen-bond donors (Lipinski definition) is 2. The number of nitrogens with two attached hydrogens (primary N) is 1. The Morgan fingerprint density at radius 2 is 2.21 bits per heavy atom. The van der Waals surface area contributed by atoms with E-state index >= 15 is 0 Å². The lowest BCUT2D eigenvalue weighted by Gasteiger charge is -2.25. The first-order chi connectivity index (χ1) is 6.53. The molecular formula is C11H25N3. The van der Waals surface area contributed by atoms with Gasteiger partial charge in [-0.1, -0.05) is 0 Å². The molecule has 0 aromatic carbocycles. The van der Waals surface area contributed by atoms with Crippen LogP contribution in [0.5, 0.6) is 0 Å². The predicted molar refractivity (Wildman–Crippen MR) is 61.4 cm³/mol. The van der Waals surface area contributed by atoms with Gasteiger partial charge in [0.2, 0.25) is 0 Å². The maximum absolute atomic E-state index is 5.65. The van der Waals surface area contributed by atoms with E-state index in [4.69, 9.17) is 5.73 Å². The summed E-state index contributed by atoms with van der Waals surface area (Å²) in [6.45, 7) is 8.66. The van der Waals surface area contributed by atoms with Crippen LogP contribution in [0.4, 0.5) is 0 Å². The van der Waals surface area contributed by atoms with Crippen molar-refractivity contribution in [1.29, 1.82) is 0 Å². The van der Waals surface area contributed by atoms with Crippen LogP contribution in [0.25, 0.3) is 0 Å². The van der Waals surface area contributed by atoms with Crippen molar-refractivity contribution in [3.8, 4) is 0 Å². The monoisotopic (exact) mass is 199 g/mol. The van der Waals surface area contributed by atoms with Gasteiger partial charge in [-0.25, -0.2) is 0 Å². The second kappa shape index (κ2) is 5.10. The molecule has 0 aliphatic carbocycles. The Morgan fingerprint density at radius 3 is 2.71 bits per heavy atom. The van der Waals surface area contributed by atoms with Gasteiger partial charge in [-0.2, -0.15) is 0 Å². The predicted octanol–water partition coefficient (Wildman–Crippen LogP) is 0.655. The van der Waals surface area contributed by atoms with Gasteiger partial charge in [0.1, 0.15) is 0 Å². The van der Waals surface area contributed by atoms with Crippen molar-refractivity contribution in [2.45, 2.75) is 32.2 Å². The molecule has 84 valence electrons. The third kappa shape index (κ3) is 3.95. The van der Waals surface area contributed by atoms with Crippen LogP contribution in [0, 0.1) is 5.92 Å². The fraction of sp³-hybridized carbons (Fsp3) is 1.00. The smallest absolute Gasteiger partial charge is 0.0247 e. The fourth-order valence-electron chi connectivity index (χ4n) is 1.95. The highest BCUT2D eigenvalue weighted by Crippen LogP contribution is 2.17. The van der Waals surface area contributed by atoms with Crippen LogP contribution in [-0.2, 0) is 0 Å². The lowest BCUT2D eigenvalue weighted by atomic mass is 10.0. The molecule has 3 N–H and O–H groups in total. The van der Waals surface area contributed by atoms with Gasteiger partial charge in [0.15, 0.2) is 0 Å². The van der Waals surface area contributed by atoms with Crippen molar-refractivity contribution in [3.05, 3.63) is 0 Å². The molecule has 1 heterocycles. The molecule has 1 fully saturated rings. The van der Waals surface area contributed by atoms with Crippen LogP contribution in [0.1, 0.15) is 26.7 Å². The molecule has 1 aliphatic rings. The molecule has 0 amide bonds. The summed E-state index contributed by atoms with van der Waals surface area (Å²) in [6.07, 6.45) is 2.65. The maximum atomic E-state index is 5.65. The molecule has 0 aromatic heterocycles. The van der Waals surface area contributed by atoms with Crippen LogP contribution in [0.2, 0.25) is 0 Å². The van der Waals surface area contributed by atoms with Gasteiger partial charge in [0, 0.05) is 18.6 Å². The molecule has 1 rings (SSSR count). The molecule has 14 heavy (non-hydrogen) atoms. The third-order valence-corrected chi connectivity index (χ3v) is 3.16. The van der Waals surface area contributed by atoms with Gasteiger partial charge >= 0.3 is 0 Å². The Labute approximate surface area is 88.0 Å². The van der Waals surface area contributed by atoms with Crippen LogP contribution in [-0.4, -0.2) is 43.7 Å². The topological polar surface area (TPSA) is 41.3 Å². The zero-order valence-corrected chi connectivity index (χ0v) is 9.84. The molecule has 1 atom stereocenters. The molecule has 1 unspecified atom stereocenters. The summed E-state index contributed by atoms with van der Waals surface area (Å²) in [5.41, 5.74) is 5.75. The van der Waals surface area contributed by atoms with Gasteiger partial charge in [-0.05, 0) is 52.7 Å². The minimum absolute atomic E-state index is 0.102. The van der Waals surface area contributed by atoms with E-state index < -0.39 is 0 Å². The Balaban J connectivity index is 2.10. The van der Waals surface area contributed by atoms with Gasteiger partial charge in [-0.3, -0.25) is 0 Å². The molecule has 1 saturated heterocycles. The lowest BCUT2D eigenvalue weighted by molar-refractivity contribution is 0.355. The third-order valence-electron chi connectivity index (χ3n) is 3.16. The summed E-state index contributed by atoms with van der Waals surface area (Å²) in [6, 6.07) is 0. The van der Waals surface area contributed by atoms with Crippen molar-refractivity contribution in [2.24, 2.45) is 11.7 Å². The van der Waals surface area contributed by atoms with E-state index in [1.54, 1.807) is 0 Å². The van der Waals surface area contributed by atoms with Crippen molar-refractivity contribution >= 4 is 0 Å². The van der Waals surface area contributed by atoms with E-state index in [1.807, 2.05) is 0 Å². The maximum Gasteiger partial charge on any atom is 0.0247 e. The largest absolute Gasteiger partial charge is 0.329 e. The molecule has 0 bridgehead atoms. The molecule has 1 aliphatic heterocycles. The molecule has 0 saturated carbocycles. The van der Waals surface area contributed by atoms with Crippen LogP contribution >= 0.6 is 0 Å². The van der Waals surface area contributed by atoms with Crippen molar-refractivity contribution in [1.82, 2.24) is 10.2 Å². The van der Waals surface area contributed by atoms with Gasteiger partial charge in [0.05, 0.1) is 0 Å². The Morgan fingerprint density at radius 1 is 1.50 bits per heavy atom. The summed E-state index contributed by atoms with van der Waals surface area (Å²) >= 11 is 0. The van der Waals surface area contributed by atoms with Crippen molar-refractivity contribution in [2.75, 3.05) is 33.2 Å². The van der Waals surface area contributed by atoms with E-state index in [0.717, 1.165) is 12.5 Å². The van der Waals surface area contributed by atoms with Gasteiger partial charge < -0.3 is 16.0 Å². The van der Waals surface area contributed by atoms with E-state index in [1.165, 1.54) is 25.9 Å². The number of likely N-dealkylation sites (tertiary alicyclic amines) is 1. The first-order valence-corrected chi connectivity index (χ1v) is 5.67. The van der Waals surface area contributed by atoms with Crippen LogP contribution in [0.3, 0.4) is 0 Å². The highest BCUT2D eigenvalue weighted by Gasteiger charge is 2.20. The molecule has 3 heteroatoms. The SMILES string of the molecule is CN1CCC(CCNC(C)(C)CN)C1. The summed E-state index contributed by atoms with van der Waals surface area (Å²) < 4.78 is 0. The zero-order valence-electron chi connectivity index (χ0n) is 9.84. The number of nitrogens with one attached hydrogen (secondary N) is 1. The van der Waals surface area contributed by atoms with Crippen LogP contribution in [0.15, 0.2) is 0 Å². The molecule has 3 nitrogen and oxygen atoms in total. The normalized spacial score (nSPS) is 24.4. The first kappa shape index (κ1) is 12.0. The van der Waals surface area contributed by atoms with E-state index in [0.29, 0.717) is 6.54 Å². The average molecular weight is 199 g/mol. The molecule has 0 radical (unpaired) electrons. The van der Waals surface area contributed by atoms with E-state index in [9.17, 15) is 0 Å². The standard InChI is InChI=1S/C11H25N3/c1-11(2,9-12)13-6-4-10-5-7-14(3)8-10/h10,13H,4-9,12H2,1-3H3. The van der Waals surface area contributed by atoms with Crippen molar-refractivity contribution < 1.29 is 0 Å². The Hall–Kier alpha value is -0.120. The van der Waals surface area contributed by atoms with Gasteiger partial charge in [-0.15, -0.1) is 0 Å². The highest BCUT2D eigenvalue weighted by atomic mass is 15.1. The Kier molecular flexibility index (Phi) is 4.35. The van der Waals surface area contributed by atoms with Crippen LogP contribution < -0.4 is 11.1 Å². The minimum Gasteiger partial charge on any atom is -0.329 e. The second-order valence-corrected chi connectivity index (χ2v) is 5.22. The minimum atomic E-state index is 0.102. The van der Waals surface area contributed by atoms with Crippen molar-refractivity contribution in [3.63, 3.8) is 0 Å². The second-order valence-electron chi connectivity index (χ2n) is 5.22. The number of rotatable bonds is 5. The summed E-state index contributed by atoms with van der Waals surface area (Å²) in [7, 11) is 2.21. The molecule has 0 aromatic rings. The molecule has 0 spiro atoms. The molecular weight excluding hydrogens is 174 g/mol. The first-order valence-electron chi connectivity index (χ1n) is 5.67. The zero-order chi connectivity index (χ0) is 10.6. The van der Waals surface area contributed by atoms with Gasteiger partial charge in [0.25, 0.3) is 0 Å². The summed E-state index contributed by atoms with van der Waals surface area (Å²) in [5.74, 6) is 0.890. The number of nitrogens with zero attached hydrogens (tertiary/aromatic N) is 1. The van der Waals surface area contributed by atoms with E-state index in [-0.39, 0.29) is 5.54 Å².